The number of rotatable bonds is 9. The third-order valence-corrected chi connectivity index (χ3v) is 3.60. The maximum atomic E-state index is 5.76. The van der Waals surface area contributed by atoms with Crippen molar-refractivity contribution in [3.05, 3.63) is 11.9 Å². The van der Waals surface area contributed by atoms with E-state index in [0.717, 1.165) is 24.5 Å². The predicted molar refractivity (Wildman–Crippen MR) is 83.1 cm³/mol. The van der Waals surface area contributed by atoms with Gasteiger partial charge < -0.3 is 14.4 Å². The number of ether oxygens (including phenoxy) is 2. The van der Waals surface area contributed by atoms with E-state index >= 15 is 0 Å². The Morgan fingerprint density at radius 3 is 2.57 bits per heavy atom. The second kappa shape index (κ2) is 7.74. The highest BCUT2D eigenvalue weighted by molar-refractivity contribution is 5.28. The molecule has 0 spiro atoms. The normalized spacial score (nSPS) is 13.7. The molecule has 1 aromatic rings. The van der Waals surface area contributed by atoms with Crippen LogP contribution in [0.1, 0.15) is 32.0 Å². The fourth-order valence-corrected chi connectivity index (χ4v) is 2.17. The van der Waals surface area contributed by atoms with Crippen LogP contribution in [-0.4, -0.2) is 55.1 Å². The van der Waals surface area contributed by atoms with Crippen molar-refractivity contribution in [2.75, 3.05) is 34.9 Å². The van der Waals surface area contributed by atoms with Gasteiger partial charge in [-0.1, -0.05) is 0 Å². The van der Waals surface area contributed by atoms with E-state index in [1.807, 2.05) is 32.6 Å². The Hall–Kier alpha value is -1.15. The van der Waals surface area contributed by atoms with Gasteiger partial charge in [0.25, 0.3) is 0 Å². The Labute approximate surface area is 127 Å². The molecule has 122 valence electrons. The minimum atomic E-state index is -0.293. The van der Waals surface area contributed by atoms with Crippen molar-refractivity contribution in [3.63, 3.8) is 0 Å². The van der Waals surface area contributed by atoms with Crippen LogP contribution in [0.5, 0.6) is 5.75 Å². The first-order chi connectivity index (χ1) is 9.84. The SMILES string of the molecule is COc1cnn(CCN(C)C)c1C(CC(C)(C)OC)NN. The second-order valence-corrected chi connectivity index (χ2v) is 6.01. The molecule has 1 unspecified atom stereocenters. The molecule has 7 heteroatoms. The Morgan fingerprint density at radius 1 is 1.43 bits per heavy atom. The van der Waals surface area contributed by atoms with Gasteiger partial charge in [0.15, 0.2) is 5.75 Å². The molecule has 0 saturated heterocycles. The molecule has 1 heterocycles. The lowest BCUT2D eigenvalue weighted by molar-refractivity contribution is 0.00588. The molecule has 0 amide bonds. The monoisotopic (exact) mass is 299 g/mol. The summed E-state index contributed by atoms with van der Waals surface area (Å²) in [5.41, 5.74) is 3.52. The number of hydrazine groups is 1. The average Bonchev–Trinajstić information content (AvgIpc) is 2.85. The number of aromatic nitrogens is 2. The molecule has 0 aliphatic heterocycles. The fraction of sp³-hybridized carbons (Fsp3) is 0.786. The lowest BCUT2D eigenvalue weighted by Gasteiger charge is -2.29. The van der Waals surface area contributed by atoms with Crippen LogP contribution in [0.4, 0.5) is 0 Å². The quantitative estimate of drug-likeness (QED) is 0.518. The maximum absolute atomic E-state index is 5.76. The third kappa shape index (κ3) is 4.96. The summed E-state index contributed by atoms with van der Waals surface area (Å²) in [7, 11) is 7.42. The highest BCUT2D eigenvalue weighted by Gasteiger charge is 2.28. The van der Waals surface area contributed by atoms with E-state index in [4.69, 9.17) is 15.3 Å². The molecule has 0 aromatic carbocycles. The molecule has 1 aromatic heterocycles. The average molecular weight is 299 g/mol. The van der Waals surface area contributed by atoms with Gasteiger partial charge in [0, 0.05) is 13.7 Å². The van der Waals surface area contributed by atoms with Gasteiger partial charge in [-0.15, -0.1) is 0 Å². The van der Waals surface area contributed by atoms with Gasteiger partial charge in [-0.25, -0.2) is 0 Å². The van der Waals surface area contributed by atoms with Gasteiger partial charge in [0.2, 0.25) is 0 Å². The van der Waals surface area contributed by atoms with Gasteiger partial charge in [-0.3, -0.25) is 16.0 Å². The number of nitrogens with two attached hydrogens (primary N) is 1. The van der Waals surface area contributed by atoms with E-state index in [-0.39, 0.29) is 11.6 Å². The first-order valence-corrected chi connectivity index (χ1v) is 7.10. The zero-order chi connectivity index (χ0) is 16.0. The Morgan fingerprint density at radius 2 is 2.10 bits per heavy atom. The first kappa shape index (κ1) is 17.9. The van der Waals surface area contributed by atoms with Crippen LogP contribution in [0.15, 0.2) is 6.20 Å². The highest BCUT2D eigenvalue weighted by atomic mass is 16.5. The lowest BCUT2D eigenvalue weighted by atomic mass is 9.96. The van der Waals surface area contributed by atoms with Crippen LogP contribution in [0.2, 0.25) is 0 Å². The Balaban J connectivity index is 3.02. The number of likely N-dealkylation sites (N-methyl/N-ethyl adjacent to an activating group) is 1. The summed E-state index contributed by atoms with van der Waals surface area (Å²) in [4.78, 5) is 2.11. The van der Waals surface area contributed by atoms with Crippen LogP contribution in [0.3, 0.4) is 0 Å². The largest absolute Gasteiger partial charge is 0.493 e. The minimum absolute atomic E-state index is 0.0976. The van der Waals surface area contributed by atoms with Gasteiger partial charge in [0.1, 0.15) is 0 Å². The fourth-order valence-electron chi connectivity index (χ4n) is 2.17. The number of nitrogens with zero attached hydrogens (tertiary/aromatic N) is 3. The summed E-state index contributed by atoms with van der Waals surface area (Å²) < 4.78 is 12.9. The maximum Gasteiger partial charge on any atom is 0.161 e. The van der Waals surface area contributed by atoms with E-state index in [1.165, 1.54) is 0 Å². The molecule has 0 aliphatic rings. The number of hydrogen-bond acceptors (Lipinski definition) is 6. The van der Waals surface area contributed by atoms with Crippen molar-refractivity contribution in [1.29, 1.82) is 0 Å². The molecule has 0 radical (unpaired) electrons. The molecule has 0 bridgehead atoms. The van der Waals surface area contributed by atoms with Gasteiger partial charge >= 0.3 is 0 Å². The van der Waals surface area contributed by atoms with Crippen molar-refractivity contribution >= 4 is 0 Å². The smallest absolute Gasteiger partial charge is 0.161 e. The second-order valence-electron chi connectivity index (χ2n) is 6.01. The predicted octanol–water partition coefficient (Wildman–Crippen LogP) is 0.773. The number of nitrogens with one attached hydrogen (secondary N) is 1. The van der Waals surface area contributed by atoms with Crippen molar-refractivity contribution in [1.82, 2.24) is 20.1 Å². The standard InChI is InChI=1S/C14H29N5O2/c1-14(2,21-6)9-11(17-15)13-12(20-5)10-16-19(13)8-7-18(3)4/h10-11,17H,7-9,15H2,1-6H3. The van der Waals surface area contributed by atoms with Crippen LogP contribution in [0.25, 0.3) is 0 Å². The van der Waals surface area contributed by atoms with E-state index in [1.54, 1.807) is 20.4 Å². The van der Waals surface area contributed by atoms with Crippen LogP contribution >= 0.6 is 0 Å². The molecule has 0 fully saturated rings. The van der Waals surface area contributed by atoms with Crippen LogP contribution in [-0.2, 0) is 11.3 Å². The lowest BCUT2D eigenvalue weighted by Crippen LogP contribution is -2.37. The van der Waals surface area contributed by atoms with E-state index in [2.05, 4.69) is 15.4 Å². The van der Waals surface area contributed by atoms with E-state index in [9.17, 15) is 0 Å². The van der Waals surface area contributed by atoms with Gasteiger partial charge in [0.05, 0.1) is 37.2 Å². The minimum Gasteiger partial charge on any atom is -0.493 e. The summed E-state index contributed by atoms with van der Waals surface area (Å²) >= 11 is 0. The summed E-state index contributed by atoms with van der Waals surface area (Å²) in [6.45, 7) is 5.73. The summed E-state index contributed by atoms with van der Waals surface area (Å²) in [6.07, 6.45) is 2.44. The van der Waals surface area contributed by atoms with Crippen molar-refractivity contribution in [3.8, 4) is 5.75 Å². The molecule has 7 nitrogen and oxygen atoms in total. The van der Waals surface area contributed by atoms with Crippen molar-refractivity contribution in [2.45, 2.75) is 38.5 Å². The first-order valence-electron chi connectivity index (χ1n) is 7.10. The summed E-state index contributed by atoms with van der Waals surface area (Å²) in [5.74, 6) is 6.50. The number of hydrogen-bond donors (Lipinski definition) is 2. The van der Waals surface area contributed by atoms with Crippen molar-refractivity contribution < 1.29 is 9.47 Å². The van der Waals surface area contributed by atoms with E-state index in [0.29, 0.717) is 6.42 Å². The molecule has 0 aliphatic carbocycles. The molecular weight excluding hydrogens is 270 g/mol. The van der Waals surface area contributed by atoms with Crippen LogP contribution in [0, 0.1) is 0 Å². The molecule has 21 heavy (non-hydrogen) atoms. The highest BCUT2D eigenvalue weighted by Crippen LogP contribution is 2.31. The summed E-state index contributed by atoms with van der Waals surface area (Å²) in [5, 5.41) is 4.41. The van der Waals surface area contributed by atoms with E-state index < -0.39 is 0 Å². The summed E-state index contributed by atoms with van der Waals surface area (Å²) in [6, 6.07) is -0.0976. The Kier molecular flexibility index (Phi) is 6.60. The van der Waals surface area contributed by atoms with Gasteiger partial charge in [-0.05, 0) is 34.4 Å². The van der Waals surface area contributed by atoms with Gasteiger partial charge in [-0.2, -0.15) is 5.10 Å². The molecule has 3 N–H and O–H groups in total. The molecule has 1 rings (SSSR count). The molecule has 0 saturated carbocycles. The third-order valence-electron chi connectivity index (χ3n) is 3.60. The topological polar surface area (TPSA) is 77.6 Å². The van der Waals surface area contributed by atoms with Crippen LogP contribution < -0.4 is 16.0 Å². The molecular formula is C14H29N5O2. The Bertz CT molecular complexity index is 431. The zero-order valence-electron chi connectivity index (χ0n) is 14.0. The molecule has 1 atom stereocenters. The zero-order valence-corrected chi connectivity index (χ0v) is 14.0. The van der Waals surface area contributed by atoms with Crippen molar-refractivity contribution in [2.24, 2.45) is 5.84 Å². The number of methoxy groups -OCH3 is 2.